The summed E-state index contributed by atoms with van der Waals surface area (Å²) >= 11 is 7.60. The second-order valence-electron chi connectivity index (χ2n) is 6.84. The van der Waals surface area contributed by atoms with Crippen molar-refractivity contribution in [3.8, 4) is 0 Å². The molecule has 0 bridgehead atoms. The van der Waals surface area contributed by atoms with Gasteiger partial charge in [-0.3, -0.25) is 9.79 Å². The van der Waals surface area contributed by atoms with Crippen LogP contribution in [0.5, 0.6) is 0 Å². The summed E-state index contributed by atoms with van der Waals surface area (Å²) in [7, 11) is 1.99. The minimum absolute atomic E-state index is 0. The number of likely N-dealkylation sites (N-methyl/N-ethyl adjacent to an activating group) is 1. The minimum Gasteiger partial charge on any atom is -0.350 e. The van der Waals surface area contributed by atoms with E-state index in [1.165, 1.54) is 38.5 Å². The molecule has 7 heteroatoms. The molecule has 1 heterocycles. The minimum atomic E-state index is -0.137. The van der Waals surface area contributed by atoms with Gasteiger partial charge in [0.1, 0.15) is 6.04 Å². The Labute approximate surface area is 171 Å². The number of carbonyl (C=O) groups excluding carboxylic acids is 1. The Morgan fingerprint density at radius 2 is 1.88 bits per heavy atom. The molecule has 3 rings (SSSR count). The Hall–Kier alpha value is -0.910. The van der Waals surface area contributed by atoms with Crippen LogP contribution in [0.1, 0.15) is 44.1 Å². The van der Waals surface area contributed by atoms with Crippen LogP contribution < -0.4 is 5.32 Å². The Bertz CT molecular complexity index is 616. The van der Waals surface area contributed by atoms with Gasteiger partial charge >= 0.3 is 0 Å². The van der Waals surface area contributed by atoms with E-state index in [1.807, 2.05) is 36.2 Å². The third-order valence-electron chi connectivity index (χ3n) is 4.94. The maximum absolute atomic E-state index is 12.5. The normalized spacial score (nSPS) is 22.8. The lowest BCUT2D eigenvalue weighted by atomic mass is 10.1. The van der Waals surface area contributed by atoms with Crippen LogP contribution in [0.25, 0.3) is 0 Å². The zero-order valence-corrected chi connectivity index (χ0v) is 17.5. The van der Waals surface area contributed by atoms with Gasteiger partial charge in [0.15, 0.2) is 5.17 Å². The fraction of sp³-hybridized carbons (Fsp3) is 0.579. The van der Waals surface area contributed by atoms with Crippen molar-refractivity contribution in [1.82, 2.24) is 10.2 Å². The van der Waals surface area contributed by atoms with Gasteiger partial charge < -0.3 is 10.2 Å². The van der Waals surface area contributed by atoms with Crippen LogP contribution >= 0.6 is 35.8 Å². The molecule has 26 heavy (non-hydrogen) atoms. The van der Waals surface area contributed by atoms with Gasteiger partial charge in [0.2, 0.25) is 5.91 Å². The largest absolute Gasteiger partial charge is 0.350 e. The average molecular weight is 416 g/mol. The Kier molecular flexibility index (Phi) is 8.58. The molecule has 1 aromatic rings. The lowest BCUT2D eigenvalue weighted by Crippen LogP contribution is -2.44. The van der Waals surface area contributed by atoms with Gasteiger partial charge in [0.25, 0.3) is 0 Å². The topological polar surface area (TPSA) is 44.7 Å². The van der Waals surface area contributed by atoms with Crippen molar-refractivity contribution in [1.29, 1.82) is 0 Å². The summed E-state index contributed by atoms with van der Waals surface area (Å²) in [6.07, 6.45) is 7.60. The van der Waals surface area contributed by atoms with E-state index in [4.69, 9.17) is 16.6 Å². The van der Waals surface area contributed by atoms with Crippen molar-refractivity contribution in [3.63, 3.8) is 0 Å². The molecule has 1 aliphatic carbocycles. The monoisotopic (exact) mass is 415 g/mol. The van der Waals surface area contributed by atoms with Crippen LogP contribution in [0.3, 0.4) is 0 Å². The molecule has 0 radical (unpaired) electrons. The average Bonchev–Trinajstić information content (AvgIpc) is 2.81. The molecule has 2 fully saturated rings. The Morgan fingerprint density at radius 3 is 2.54 bits per heavy atom. The molecular formula is C19H27Cl2N3OS. The van der Waals surface area contributed by atoms with E-state index < -0.39 is 0 Å². The standard InChI is InChI=1S/C19H26ClN3OS.ClH/c1-23-17(18(24)21-12-14-8-10-15(20)11-9-14)13-25-19(23)22-16-6-4-2-3-5-7-16;/h8-11,16-17H,2-7,12-13H2,1H3,(H,21,24);1H. The lowest BCUT2D eigenvalue weighted by Gasteiger charge is -2.21. The molecule has 4 nitrogen and oxygen atoms in total. The third-order valence-corrected chi connectivity index (χ3v) is 6.33. The summed E-state index contributed by atoms with van der Waals surface area (Å²) in [5.41, 5.74) is 1.05. The van der Waals surface area contributed by atoms with E-state index in [2.05, 4.69) is 5.32 Å². The van der Waals surface area contributed by atoms with E-state index in [-0.39, 0.29) is 24.4 Å². The second kappa shape index (κ2) is 10.4. The number of nitrogens with one attached hydrogen (secondary N) is 1. The summed E-state index contributed by atoms with van der Waals surface area (Å²) in [6.45, 7) is 0.528. The van der Waals surface area contributed by atoms with Crippen LogP contribution in [0.2, 0.25) is 5.02 Å². The predicted molar refractivity (Wildman–Crippen MR) is 113 cm³/mol. The van der Waals surface area contributed by atoms with Gasteiger partial charge in [-0.2, -0.15) is 0 Å². The van der Waals surface area contributed by atoms with Crippen molar-refractivity contribution in [2.24, 2.45) is 4.99 Å². The van der Waals surface area contributed by atoms with Crippen LogP contribution in [0.4, 0.5) is 0 Å². The molecule has 0 spiro atoms. The van der Waals surface area contributed by atoms with Gasteiger partial charge in [-0.25, -0.2) is 0 Å². The number of halogens is 2. The molecule has 144 valence electrons. The maximum Gasteiger partial charge on any atom is 0.243 e. The highest BCUT2D eigenvalue weighted by Gasteiger charge is 2.33. The summed E-state index contributed by atoms with van der Waals surface area (Å²) in [5, 5.41) is 4.77. The van der Waals surface area contributed by atoms with Crippen LogP contribution in [0.15, 0.2) is 29.3 Å². The number of aliphatic imine (C=N–C) groups is 1. The highest BCUT2D eigenvalue weighted by molar-refractivity contribution is 8.14. The number of hydrogen-bond acceptors (Lipinski definition) is 3. The smallest absolute Gasteiger partial charge is 0.243 e. The summed E-state index contributed by atoms with van der Waals surface area (Å²) in [6, 6.07) is 7.87. The van der Waals surface area contributed by atoms with Crippen LogP contribution in [0, 0.1) is 0 Å². The van der Waals surface area contributed by atoms with Gasteiger partial charge in [-0.05, 0) is 30.5 Å². The highest BCUT2D eigenvalue weighted by atomic mass is 35.5. The summed E-state index contributed by atoms with van der Waals surface area (Å²) < 4.78 is 0. The Balaban J connectivity index is 0.00000243. The molecule has 1 unspecified atom stereocenters. The summed E-state index contributed by atoms with van der Waals surface area (Å²) in [4.78, 5) is 19.5. The predicted octanol–water partition coefficient (Wildman–Crippen LogP) is 4.50. The van der Waals surface area contributed by atoms with E-state index in [1.54, 1.807) is 11.8 Å². The first kappa shape index (κ1) is 21.4. The number of hydrogen-bond donors (Lipinski definition) is 1. The molecule has 1 saturated heterocycles. The second-order valence-corrected chi connectivity index (χ2v) is 8.26. The van der Waals surface area contributed by atoms with Crippen molar-refractivity contribution >= 4 is 46.8 Å². The van der Waals surface area contributed by atoms with Crippen molar-refractivity contribution in [2.45, 2.75) is 57.2 Å². The van der Waals surface area contributed by atoms with Crippen molar-refractivity contribution < 1.29 is 4.79 Å². The maximum atomic E-state index is 12.5. The van der Waals surface area contributed by atoms with Gasteiger partial charge in [0, 0.05) is 24.4 Å². The van der Waals surface area contributed by atoms with Crippen LogP contribution in [-0.2, 0) is 11.3 Å². The zero-order valence-electron chi connectivity index (χ0n) is 15.1. The van der Waals surface area contributed by atoms with Gasteiger partial charge in [0.05, 0.1) is 6.04 Å². The first-order chi connectivity index (χ1) is 12.1. The number of carbonyl (C=O) groups is 1. The molecule has 1 aliphatic heterocycles. The van der Waals surface area contributed by atoms with Crippen LogP contribution in [-0.4, -0.2) is 40.9 Å². The number of nitrogens with zero attached hydrogens (tertiary/aromatic N) is 2. The number of amides is 1. The first-order valence-corrected chi connectivity index (χ1v) is 10.5. The SMILES string of the molecule is CN1C(=NC2CCCCCC2)SCC1C(=O)NCc1ccc(Cl)cc1.Cl. The van der Waals surface area contributed by atoms with Crippen molar-refractivity contribution in [3.05, 3.63) is 34.9 Å². The molecule has 1 aromatic carbocycles. The molecule has 2 aliphatic rings. The third kappa shape index (κ3) is 5.80. The number of benzene rings is 1. The molecule has 1 N–H and O–H groups in total. The summed E-state index contributed by atoms with van der Waals surface area (Å²) in [5.74, 6) is 0.838. The highest BCUT2D eigenvalue weighted by Crippen LogP contribution is 2.26. The molecule has 0 aromatic heterocycles. The molecule has 1 atom stereocenters. The number of thioether (sulfide) groups is 1. The number of amidine groups is 1. The van der Waals surface area contributed by atoms with E-state index in [9.17, 15) is 4.79 Å². The Morgan fingerprint density at radius 1 is 1.23 bits per heavy atom. The van der Waals surface area contributed by atoms with E-state index in [0.29, 0.717) is 17.6 Å². The fourth-order valence-electron chi connectivity index (χ4n) is 3.33. The first-order valence-electron chi connectivity index (χ1n) is 9.09. The molecule has 1 amide bonds. The van der Waals surface area contributed by atoms with E-state index in [0.717, 1.165) is 16.5 Å². The fourth-order valence-corrected chi connectivity index (χ4v) is 4.70. The van der Waals surface area contributed by atoms with Gasteiger partial charge in [-0.1, -0.05) is 61.2 Å². The van der Waals surface area contributed by atoms with Crippen molar-refractivity contribution in [2.75, 3.05) is 12.8 Å². The molecular weight excluding hydrogens is 389 g/mol. The molecule has 1 saturated carbocycles. The number of rotatable bonds is 4. The lowest BCUT2D eigenvalue weighted by molar-refractivity contribution is -0.124. The van der Waals surface area contributed by atoms with Gasteiger partial charge in [-0.15, -0.1) is 12.4 Å². The van der Waals surface area contributed by atoms with E-state index >= 15 is 0 Å². The quantitative estimate of drug-likeness (QED) is 0.735. The zero-order chi connectivity index (χ0) is 17.6.